The Balaban J connectivity index is 1.62. The third-order valence-corrected chi connectivity index (χ3v) is 3.47. The first-order valence-corrected chi connectivity index (χ1v) is 6.92. The van der Waals surface area contributed by atoms with Crippen LogP contribution in [0, 0.1) is 5.92 Å². The molecule has 1 amide bonds. The number of alkyl carbamates (subject to hydrolysis) is 1. The van der Waals surface area contributed by atoms with Crippen LogP contribution in [0.4, 0.5) is 4.79 Å². The summed E-state index contributed by atoms with van der Waals surface area (Å²) in [5.74, 6) is 0.737. The predicted octanol–water partition coefficient (Wildman–Crippen LogP) is 2.30. The van der Waals surface area contributed by atoms with Crippen LogP contribution in [0.15, 0.2) is 30.3 Å². The molecule has 0 aromatic heterocycles. The largest absolute Gasteiger partial charge is 0.445 e. The highest BCUT2D eigenvalue weighted by Crippen LogP contribution is 2.12. The van der Waals surface area contributed by atoms with Crippen LogP contribution in [0.1, 0.15) is 25.3 Å². The van der Waals surface area contributed by atoms with Gasteiger partial charge in [0.25, 0.3) is 0 Å². The Kier molecular flexibility index (Phi) is 5.21. The average Bonchev–Trinajstić information content (AvgIpc) is 2.45. The molecule has 104 valence electrons. The van der Waals surface area contributed by atoms with Gasteiger partial charge in [-0.1, -0.05) is 37.3 Å². The average molecular weight is 262 g/mol. The first-order chi connectivity index (χ1) is 9.24. The molecule has 0 radical (unpaired) electrons. The number of nitrogens with one attached hydrogen (secondary N) is 2. The number of rotatable bonds is 4. The molecule has 4 heteroatoms. The molecule has 1 aromatic carbocycles. The molecule has 0 spiro atoms. The van der Waals surface area contributed by atoms with Crippen LogP contribution in [0.25, 0.3) is 0 Å². The number of amides is 1. The van der Waals surface area contributed by atoms with Gasteiger partial charge in [-0.2, -0.15) is 0 Å². The Morgan fingerprint density at radius 2 is 2.16 bits per heavy atom. The van der Waals surface area contributed by atoms with Crippen LogP contribution in [0.3, 0.4) is 0 Å². The standard InChI is InChI=1S/C15H22N2O2/c1-12-7-8-14(16-9-12)10-17-15(18)19-11-13-5-3-2-4-6-13/h2-6,12,14,16H,7-11H2,1H3,(H,17,18). The van der Waals surface area contributed by atoms with Crippen molar-refractivity contribution in [3.63, 3.8) is 0 Å². The van der Waals surface area contributed by atoms with Gasteiger partial charge in [-0.25, -0.2) is 4.79 Å². The van der Waals surface area contributed by atoms with Crippen molar-refractivity contribution in [1.82, 2.24) is 10.6 Å². The molecular formula is C15H22N2O2. The molecule has 2 atom stereocenters. The normalized spacial score (nSPS) is 22.8. The van der Waals surface area contributed by atoms with E-state index in [1.165, 1.54) is 6.42 Å². The molecule has 0 aliphatic carbocycles. The first kappa shape index (κ1) is 13.9. The third-order valence-electron chi connectivity index (χ3n) is 3.47. The summed E-state index contributed by atoms with van der Waals surface area (Å²) in [6.07, 6.45) is 1.99. The van der Waals surface area contributed by atoms with Crippen LogP contribution >= 0.6 is 0 Å². The fourth-order valence-electron chi connectivity index (χ4n) is 2.21. The van der Waals surface area contributed by atoms with Gasteiger partial charge >= 0.3 is 6.09 Å². The van der Waals surface area contributed by atoms with E-state index in [1.54, 1.807) is 0 Å². The highest BCUT2D eigenvalue weighted by atomic mass is 16.5. The fraction of sp³-hybridized carbons (Fsp3) is 0.533. The van der Waals surface area contributed by atoms with E-state index >= 15 is 0 Å². The van der Waals surface area contributed by atoms with E-state index in [0.717, 1.165) is 24.4 Å². The lowest BCUT2D eigenvalue weighted by molar-refractivity contribution is 0.137. The minimum absolute atomic E-state index is 0.321. The van der Waals surface area contributed by atoms with Crippen molar-refractivity contribution in [2.75, 3.05) is 13.1 Å². The van der Waals surface area contributed by atoms with Crippen LogP contribution in [-0.2, 0) is 11.3 Å². The van der Waals surface area contributed by atoms with Gasteiger partial charge in [0.15, 0.2) is 0 Å². The van der Waals surface area contributed by atoms with E-state index < -0.39 is 0 Å². The van der Waals surface area contributed by atoms with Gasteiger partial charge in [0.1, 0.15) is 6.61 Å². The Labute approximate surface area is 114 Å². The minimum Gasteiger partial charge on any atom is -0.445 e. The predicted molar refractivity (Wildman–Crippen MR) is 74.8 cm³/mol. The molecule has 0 saturated carbocycles. The molecule has 1 aliphatic rings. The van der Waals surface area contributed by atoms with E-state index in [2.05, 4.69) is 17.6 Å². The molecule has 2 N–H and O–H groups in total. The third kappa shape index (κ3) is 4.91. The van der Waals surface area contributed by atoms with Crippen LogP contribution in [0.5, 0.6) is 0 Å². The van der Waals surface area contributed by atoms with Crippen molar-refractivity contribution < 1.29 is 9.53 Å². The molecule has 0 bridgehead atoms. The second-order valence-electron chi connectivity index (χ2n) is 5.23. The van der Waals surface area contributed by atoms with Crippen molar-refractivity contribution >= 4 is 6.09 Å². The molecule has 1 fully saturated rings. The van der Waals surface area contributed by atoms with E-state index in [1.807, 2.05) is 30.3 Å². The lowest BCUT2D eigenvalue weighted by atomic mass is 9.96. The first-order valence-electron chi connectivity index (χ1n) is 6.92. The highest BCUT2D eigenvalue weighted by Gasteiger charge is 2.17. The molecule has 2 rings (SSSR count). The Morgan fingerprint density at radius 1 is 1.37 bits per heavy atom. The molecule has 1 heterocycles. The summed E-state index contributed by atoms with van der Waals surface area (Å²) in [4.78, 5) is 11.6. The maximum Gasteiger partial charge on any atom is 0.407 e. The molecule has 1 saturated heterocycles. The minimum atomic E-state index is -0.343. The van der Waals surface area contributed by atoms with Gasteiger partial charge in [-0.15, -0.1) is 0 Å². The highest BCUT2D eigenvalue weighted by molar-refractivity contribution is 5.67. The van der Waals surface area contributed by atoms with Gasteiger partial charge in [-0.05, 0) is 30.9 Å². The van der Waals surface area contributed by atoms with Crippen molar-refractivity contribution in [2.24, 2.45) is 5.92 Å². The lowest BCUT2D eigenvalue weighted by Gasteiger charge is -2.27. The van der Waals surface area contributed by atoms with Crippen LogP contribution in [-0.4, -0.2) is 25.2 Å². The Hall–Kier alpha value is -1.55. The van der Waals surface area contributed by atoms with Gasteiger partial charge < -0.3 is 15.4 Å². The van der Waals surface area contributed by atoms with Gasteiger partial charge in [-0.3, -0.25) is 0 Å². The summed E-state index contributed by atoms with van der Waals surface area (Å²) in [7, 11) is 0. The molecule has 1 aromatic rings. The van der Waals surface area contributed by atoms with Gasteiger partial charge in [0, 0.05) is 12.6 Å². The van der Waals surface area contributed by atoms with Crippen molar-refractivity contribution in [3.8, 4) is 0 Å². The molecular weight excluding hydrogens is 240 g/mol. The smallest absolute Gasteiger partial charge is 0.407 e. The number of piperidine rings is 1. The van der Waals surface area contributed by atoms with E-state index in [4.69, 9.17) is 4.74 Å². The number of carbonyl (C=O) groups excluding carboxylic acids is 1. The summed E-state index contributed by atoms with van der Waals surface area (Å²) in [6.45, 7) is 4.23. The second kappa shape index (κ2) is 7.14. The number of benzene rings is 1. The summed E-state index contributed by atoms with van der Waals surface area (Å²) in [5, 5.41) is 6.24. The van der Waals surface area contributed by atoms with E-state index in [0.29, 0.717) is 19.2 Å². The number of hydrogen-bond donors (Lipinski definition) is 2. The summed E-state index contributed by atoms with van der Waals surface area (Å²) >= 11 is 0. The quantitative estimate of drug-likeness (QED) is 0.875. The molecule has 2 unspecified atom stereocenters. The van der Waals surface area contributed by atoms with Crippen molar-refractivity contribution in [2.45, 2.75) is 32.4 Å². The topological polar surface area (TPSA) is 50.4 Å². The van der Waals surface area contributed by atoms with Crippen LogP contribution in [0.2, 0.25) is 0 Å². The summed E-state index contributed by atoms with van der Waals surface area (Å²) in [6, 6.07) is 10.1. The van der Waals surface area contributed by atoms with Crippen molar-refractivity contribution in [3.05, 3.63) is 35.9 Å². The maximum atomic E-state index is 11.6. The second-order valence-corrected chi connectivity index (χ2v) is 5.23. The summed E-state index contributed by atoms with van der Waals surface area (Å²) in [5.41, 5.74) is 1.00. The number of carbonyl (C=O) groups is 1. The van der Waals surface area contributed by atoms with Gasteiger partial charge in [0.2, 0.25) is 0 Å². The number of ether oxygens (including phenoxy) is 1. The van der Waals surface area contributed by atoms with Crippen molar-refractivity contribution in [1.29, 1.82) is 0 Å². The Bertz CT molecular complexity index is 386. The van der Waals surface area contributed by atoms with Gasteiger partial charge in [0.05, 0.1) is 0 Å². The lowest BCUT2D eigenvalue weighted by Crippen LogP contribution is -2.45. The van der Waals surface area contributed by atoms with E-state index in [-0.39, 0.29) is 6.09 Å². The zero-order valence-electron chi connectivity index (χ0n) is 11.4. The monoisotopic (exact) mass is 262 g/mol. The Morgan fingerprint density at radius 3 is 2.84 bits per heavy atom. The summed E-state index contributed by atoms with van der Waals surface area (Å²) < 4.78 is 5.16. The van der Waals surface area contributed by atoms with E-state index in [9.17, 15) is 4.79 Å². The number of hydrogen-bond acceptors (Lipinski definition) is 3. The zero-order valence-corrected chi connectivity index (χ0v) is 11.4. The SMILES string of the molecule is CC1CCC(CNC(=O)OCc2ccccc2)NC1. The molecule has 19 heavy (non-hydrogen) atoms. The van der Waals surface area contributed by atoms with Crippen LogP contribution < -0.4 is 10.6 Å². The zero-order chi connectivity index (χ0) is 13.5. The fourth-order valence-corrected chi connectivity index (χ4v) is 2.21. The maximum absolute atomic E-state index is 11.6. The molecule has 4 nitrogen and oxygen atoms in total. The molecule has 1 aliphatic heterocycles.